The van der Waals surface area contributed by atoms with Crippen LogP contribution in [0.5, 0.6) is 0 Å². The van der Waals surface area contributed by atoms with Gasteiger partial charge in [-0.3, -0.25) is 9.78 Å². The van der Waals surface area contributed by atoms with Crippen LogP contribution < -0.4 is 4.90 Å². The van der Waals surface area contributed by atoms with Gasteiger partial charge in [-0.15, -0.1) is 0 Å². The maximum Gasteiger partial charge on any atom is 0.243 e. The lowest BCUT2D eigenvalue weighted by Gasteiger charge is -2.39. The Morgan fingerprint density at radius 1 is 0.925 bits per heavy atom. The van der Waals surface area contributed by atoms with Gasteiger partial charge in [0.15, 0.2) is 0 Å². The summed E-state index contributed by atoms with van der Waals surface area (Å²) in [5.74, 6) is -0.712. The number of carbonyl (C=O) groups is 1. The van der Waals surface area contributed by atoms with E-state index in [9.17, 15) is 17.6 Å². The molecule has 0 saturated carbocycles. The summed E-state index contributed by atoms with van der Waals surface area (Å²) in [7, 11) is -3.78. The second-order valence-corrected chi connectivity index (χ2v) is 12.1. The topological polar surface area (TPSA) is 99.6 Å². The SMILES string of the molecule is O=C(C1CCCN(S(=O)(=O)c2cccc(-c3cncnc3)c2)C1)N1CCN(c2ccnc3cc(F)ccc23)CC1. The van der Waals surface area contributed by atoms with E-state index in [4.69, 9.17) is 0 Å². The number of carbonyl (C=O) groups excluding carboxylic acids is 1. The number of amides is 1. The Bertz CT molecular complexity index is 1640. The first-order valence-electron chi connectivity index (χ1n) is 13.3. The van der Waals surface area contributed by atoms with Gasteiger partial charge in [-0.2, -0.15) is 4.31 Å². The Kier molecular flexibility index (Phi) is 7.16. The lowest BCUT2D eigenvalue weighted by atomic mass is 9.97. The van der Waals surface area contributed by atoms with Gasteiger partial charge in [0.2, 0.25) is 15.9 Å². The Hall–Kier alpha value is -3.96. The number of benzene rings is 2. The molecule has 0 bridgehead atoms. The first kappa shape index (κ1) is 26.3. The van der Waals surface area contributed by atoms with Crippen LogP contribution in [0.15, 0.2) is 78.3 Å². The molecule has 9 nitrogen and oxygen atoms in total. The zero-order valence-corrected chi connectivity index (χ0v) is 22.7. The highest BCUT2D eigenvalue weighted by molar-refractivity contribution is 7.89. The van der Waals surface area contributed by atoms with E-state index in [0.29, 0.717) is 51.1 Å². The van der Waals surface area contributed by atoms with Crippen molar-refractivity contribution in [3.05, 3.63) is 79.3 Å². The number of piperazine rings is 1. The third kappa shape index (κ3) is 5.14. The van der Waals surface area contributed by atoms with Crippen molar-refractivity contribution in [1.29, 1.82) is 0 Å². The number of halogens is 1. The zero-order chi connectivity index (χ0) is 27.7. The predicted molar refractivity (Wildman–Crippen MR) is 149 cm³/mol. The molecular formula is C29H29FN6O3S. The zero-order valence-electron chi connectivity index (χ0n) is 21.9. The second kappa shape index (κ2) is 10.9. The number of anilines is 1. The van der Waals surface area contributed by atoms with Crippen molar-refractivity contribution < 1.29 is 17.6 Å². The molecule has 0 N–H and O–H groups in total. The minimum atomic E-state index is -3.78. The summed E-state index contributed by atoms with van der Waals surface area (Å²) in [4.78, 5) is 30.1. The molecule has 206 valence electrons. The molecule has 1 unspecified atom stereocenters. The molecule has 2 aromatic carbocycles. The van der Waals surface area contributed by atoms with E-state index >= 15 is 0 Å². The van der Waals surface area contributed by atoms with Crippen LogP contribution >= 0.6 is 0 Å². The van der Waals surface area contributed by atoms with Crippen molar-refractivity contribution in [3.63, 3.8) is 0 Å². The molecule has 2 saturated heterocycles. The van der Waals surface area contributed by atoms with Crippen LogP contribution in [-0.4, -0.2) is 77.8 Å². The highest BCUT2D eigenvalue weighted by Crippen LogP contribution is 2.30. The van der Waals surface area contributed by atoms with Gasteiger partial charge in [0, 0.05) is 80.6 Å². The Morgan fingerprint density at radius 3 is 2.52 bits per heavy atom. The molecule has 2 aromatic heterocycles. The largest absolute Gasteiger partial charge is 0.367 e. The molecule has 40 heavy (non-hydrogen) atoms. The molecule has 0 aliphatic carbocycles. The van der Waals surface area contributed by atoms with E-state index < -0.39 is 10.0 Å². The molecule has 0 radical (unpaired) electrons. The number of aromatic nitrogens is 3. The van der Waals surface area contributed by atoms with Crippen molar-refractivity contribution in [2.75, 3.05) is 44.2 Å². The molecule has 4 heterocycles. The number of rotatable bonds is 5. The molecule has 1 amide bonds. The molecule has 11 heteroatoms. The summed E-state index contributed by atoms with van der Waals surface area (Å²) in [5, 5.41) is 0.876. The summed E-state index contributed by atoms with van der Waals surface area (Å²) >= 11 is 0. The van der Waals surface area contributed by atoms with E-state index in [0.717, 1.165) is 22.2 Å². The maximum atomic E-state index is 13.7. The Labute approximate surface area is 232 Å². The lowest BCUT2D eigenvalue weighted by molar-refractivity contribution is -0.137. The van der Waals surface area contributed by atoms with Crippen molar-refractivity contribution in [1.82, 2.24) is 24.2 Å². The molecule has 2 aliphatic heterocycles. The third-order valence-corrected chi connectivity index (χ3v) is 9.57. The van der Waals surface area contributed by atoms with Crippen molar-refractivity contribution in [2.45, 2.75) is 17.7 Å². The smallest absolute Gasteiger partial charge is 0.243 e. The van der Waals surface area contributed by atoms with E-state index in [1.165, 1.54) is 22.8 Å². The van der Waals surface area contributed by atoms with Crippen molar-refractivity contribution >= 4 is 32.5 Å². The number of hydrogen-bond acceptors (Lipinski definition) is 7. The summed E-state index contributed by atoms with van der Waals surface area (Å²) in [5.41, 5.74) is 3.02. The number of hydrogen-bond donors (Lipinski definition) is 0. The van der Waals surface area contributed by atoms with Crippen LogP contribution in [0.4, 0.5) is 10.1 Å². The fourth-order valence-corrected chi connectivity index (χ4v) is 7.17. The average molecular weight is 561 g/mol. The molecule has 1 atom stereocenters. The summed E-state index contributed by atoms with van der Waals surface area (Å²) in [6.45, 7) is 2.89. The fraction of sp³-hybridized carbons (Fsp3) is 0.310. The molecule has 4 aromatic rings. The Balaban J connectivity index is 1.13. The maximum absolute atomic E-state index is 13.7. The van der Waals surface area contributed by atoms with Crippen LogP contribution in [0, 0.1) is 11.7 Å². The van der Waals surface area contributed by atoms with Crippen LogP contribution in [-0.2, 0) is 14.8 Å². The molecular weight excluding hydrogens is 531 g/mol. The van der Waals surface area contributed by atoms with Gasteiger partial charge in [-0.1, -0.05) is 12.1 Å². The predicted octanol–water partition coefficient (Wildman–Crippen LogP) is 3.58. The number of fused-ring (bicyclic) bond motifs is 1. The van der Waals surface area contributed by atoms with Crippen LogP contribution in [0.3, 0.4) is 0 Å². The monoisotopic (exact) mass is 560 g/mol. The quantitative estimate of drug-likeness (QED) is 0.368. The summed E-state index contributed by atoms with van der Waals surface area (Å²) < 4.78 is 42.3. The molecule has 2 aliphatic rings. The fourth-order valence-electron chi connectivity index (χ4n) is 5.60. The highest BCUT2D eigenvalue weighted by Gasteiger charge is 2.36. The highest BCUT2D eigenvalue weighted by atomic mass is 32.2. The number of sulfonamides is 1. The number of pyridine rings is 1. The van der Waals surface area contributed by atoms with E-state index in [1.807, 2.05) is 17.0 Å². The first-order chi connectivity index (χ1) is 19.4. The van der Waals surface area contributed by atoms with Gasteiger partial charge < -0.3 is 9.80 Å². The standard InChI is InChI=1S/C29H29FN6O3S/c30-24-6-7-26-27(16-24)33-9-8-28(26)34-11-13-35(14-12-34)29(37)22-4-2-10-36(19-22)40(38,39)25-5-1-3-21(15-25)23-17-31-20-32-18-23/h1,3,5-9,15-18,20,22H,2,4,10-14,19H2. The van der Waals surface area contributed by atoms with Crippen LogP contribution in [0.25, 0.3) is 22.0 Å². The Morgan fingerprint density at radius 2 is 1.73 bits per heavy atom. The first-order valence-corrected chi connectivity index (χ1v) is 14.8. The summed E-state index contributed by atoms with van der Waals surface area (Å²) in [6.07, 6.45) is 7.68. The normalized spacial score (nSPS) is 18.7. The van der Waals surface area contributed by atoms with E-state index in [1.54, 1.807) is 42.9 Å². The minimum Gasteiger partial charge on any atom is -0.367 e. The van der Waals surface area contributed by atoms with E-state index in [2.05, 4.69) is 19.9 Å². The average Bonchev–Trinajstić information content (AvgIpc) is 3.01. The van der Waals surface area contributed by atoms with E-state index in [-0.39, 0.29) is 29.1 Å². The summed E-state index contributed by atoms with van der Waals surface area (Å²) in [6, 6.07) is 13.3. The van der Waals surface area contributed by atoms with Gasteiger partial charge in [0.05, 0.1) is 16.3 Å². The van der Waals surface area contributed by atoms with Gasteiger partial charge >= 0.3 is 0 Å². The van der Waals surface area contributed by atoms with Gasteiger partial charge in [-0.25, -0.2) is 22.8 Å². The molecule has 0 spiro atoms. The lowest BCUT2D eigenvalue weighted by Crippen LogP contribution is -2.53. The number of piperidine rings is 1. The van der Waals surface area contributed by atoms with Crippen LogP contribution in [0.1, 0.15) is 12.8 Å². The second-order valence-electron chi connectivity index (χ2n) is 10.2. The van der Waals surface area contributed by atoms with Crippen LogP contribution in [0.2, 0.25) is 0 Å². The molecule has 2 fully saturated rings. The third-order valence-electron chi connectivity index (χ3n) is 7.71. The van der Waals surface area contributed by atoms with Gasteiger partial charge in [0.25, 0.3) is 0 Å². The van der Waals surface area contributed by atoms with Crippen molar-refractivity contribution in [2.24, 2.45) is 5.92 Å². The van der Waals surface area contributed by atoms with Crippen molar-refractivity contribution in [3.8, 4) is 11.1 Å². The van der Waals surface area contributed by atoms with Gasteiger partial charge in [-0.05, 0) is 48.7 Å². The minimum absolute atomic E-state index is 0.00334. The number of nitrogens with zero attached hydrogens (tertiary/aromatic N) is 6. The van der Waals surface area contributed by atoms with Gasteiger partial charge in [0.1, 0.15) is 12.1 Å². The molecule has 6 rings (SSSR count).